The van der Waals surface area contributed by atoms with Gasteiger partial charge in [0.2, 0.25) is 0 Å². The molecule has 6 nitrogen and oxygen atoms in total. The van der Waals surface area contributed by atoms with Crippen molar-refractivity contribution in [3.8, 4) is 11.4 Å². The van der Waals surface area contributed by atoms with Gasteiger partial charge in [0.15, 0.2) is 16.8 Å². The number of fused-ring (bicyclic) bond motifs is 1. The number of aromatic nitrogens is 4. The molecule has 0 atom stereocenters. The van der Waals surface area contributed by atoms with Crippen molar-refractivity contribution in [1.29, 1.82) is 0 Å². The van der Waals surface area contributed by atoms with Gasteiger partial charge in [-0.2, -0.15) is 0 Å². The van der Waals surface area contributed by atoms with Crippen LogP contribution in [0.5, 0.6) is 0 Å². The van der Waals surface area contributed by atoms with Gasteiger partial charge in [-0.15, -0.1) is 10.2 Å². The molecule has 0 aliphatic heterocycles. The summed E-state index contributed by atoms with van der Waals surface area (Å²) in [6, 6.07) is 15.0. The molecule has 0 aliphatic carbocycles. The number of carbonyl (C=O) groups excluding carboxylic acids is 1. The van der Waals surface area contributed by atoms with Crippen LogP contribution in [0.4, 0.5) is 0 Å². The summed E-state index contributed by atoms with van der Waals surface area (Å²) in [6.45, 7) is 1.11. The summed E-state index contributed by atoms with van der Waals surface area (Å²) in [5.41, 5.74) is 2.64. The average Bonchev–Trinajstić information content (AvgIpc) is 3.34. The minimum Gasteiger partial charge on any atom is -0.383 e. The van der Waals surface area contributed by atoms with Gasteiger partial charge in [-0.3, -0.25) is 9.36 Å². The number of hydrogen-bond donors (Lipinski definition) is 1. The van der Waals surface area contributed by atoms with E-state index in [9.17, 15) is 4.79 Å². The summed E-state index contributed by atoms with van der Waals surface area (Å²) in [6.07, 6.45) is 1.94. The Kier molecular flexibility index (Phi) is 5.99. The van der Waals surface area contributed by atoms with Gasteiger partial charge in [0, 0.05) is 40.4 Å². The van der Waals surface area contributed by atoms with Crippen molar-refractivity contribution < 1.29 is 9.53 Å². The van der Waals surface area contributed by atoms with Gasteiger partial charge in [-0.25, -0.2) is 0 Å². The summed E-state index contributed by atoms with van der Waals surface area (Å²) >= 11 is 7.27. The normalized spacial score (nSPS) is 11.2. The van der Waals surface area contributed by atoms with E-state index < -0.39 is 0 Å². The Bertz CT molecular complexity index is 1140. The van der Waals surface area contributed by atoms with Gasteiger partial charge in [-0.05, 0) is 30.3 Å². The van der Waals surface area contributed by atoms with E-state index >= 15 is 0 Å². The molecule has 4 aromatic rings. The fourth-order valence-electron chi connectivity index (χ4n) is 3.08. The second-order valence-electron chi connectivity index (χ2n) is 6.42. The molecule has 29 heavy (non-hydrogen) atoms. The van der Waals surface area contributed by atoms with Crippen LogP contribution in [0.25, 0.3) is 22.3 Å². The fourth-order valence-corrected chi connectivity index (χ4v) is 4.07. The summed E-state index contributed by atoms with van der Waals surface area (Å²) < 4.78 is 7.26. The molecule has 0 unspecified atom stereocenters. The van der Waals surface area contributed by atoms with Crippen molar-refractivity contribution in [3.63, 3.8) is 0 Å². The van der Waals surface area contributed by atoms with Crippen LogP contribution in [0.1, 0.15) is 10.4 Å². The largest absolute Gasteiger partial charge is 0.383 e. The zero-order valence-corrected chi connectivity index (χ0v) is 17.3. The molecule has 0 radical (unpaired) electrons. The Morgan fingerprint density at radius 2 is 1.97 bits per heavy atom. The molecule has 0 fully saturated rings. The zero-order chi connectivity index (χ0) is 20.2. The lowest BCUT2D eigenvalue weighted by Crippen LogP contribution is -2.09. The predicted molar refractivity (Wildman–Crippen MR) is 116 cm³/mol. The molecule has 0 amide bonds. The van der Waals surface area contributed by atoms with Crippen LogP contribution in [0.2, 0.25) is 5.02 Å². The predicted octanol–water partition coefficient (Wildman–Crippen LogP) is 4.70. The first-order chi connectivity index (χ1) is 14.2. The first kappa shape index (κ1) is 19.7. The number of aromatic amines is 1. The maximum Gasteiger partial charge on any atom is 0.192 e. The lowest BCUT2D eigenvalue weighted by atomic mass is 10.1. The minimum absolute atomic E-state index is 0.0154. The molecule has 2 aromatic heterocycles. The second-order valence-corrected chi connectivity index (χ2v) is 7.80. The molecule has 0 spiro atoms. The fraction of sp³-hybridized carbons (Fsp3) is 0.190. The topological polar surface area (TPSA) is 72.8 Å². The van der Waals surface area contributed by atoms with Crippen molar-refractivity contribution in [1.82, 2.24) is 19.7 Å². The van der Waals surface area contributed by atoms with Crippen LogP contribution in [-0.2, 0) is 11.3 Å². The number of benzene rings is 2. The number of methoxy groups -OCH3 is 1. The molecule has 0 saturated heterocycles. The number of thioether (sulfide) groups is 1. The van der Waals surface area contributed by atoms with Crippen molar-refractivity contribution >= 4 is 40.0 Å². The monoisotopic (exact) mass is 426 g/mol. The smallest absolute Gasteiger partial charge is 0.192 e. The number of H-pyrrole nitrogens is 1. The van der Waals surface area contributed by atoms with E-state index in [4.69, 9.17) is 16.3 Å². The Morgan fingerprint density at radius 3 is 2.76 bits per heavy atom. The SMILES string of the molecule is COCCn1c(SCC(=O)c2ccc(Cl)cc2)nnc1-c1c[nH]c2ccccc12. The number of para-hydroxylation sites is 1. The number of Topliss-reactive ketones (excluding diaryl/α,β-unsaturated/α-hetero) is 1. The summed E-state index contributed by atoms with van der Waals surface area (Å²) in [5, 5.41) is 11.1. The number of nitrogens with one attached hydrogen (secondary N) is 1. The number of carbonyl (C=O) groups is 1. The zero-order valence-electron chi connectivity index (χ0n) is 15.8. The lowest BCUT2D eigenvalue weighted by Gasteiger charge is -2.09. The summed E-state index contributed by atoms with van der Waals surface area (Å²) in [5.74, 6) is 1.03. The molecule has 4 rings (SSSR count). The van der Waals surface area contributed by atoms with Crippen LogP contribution in [0, 0.1) is 0 Å². The van der Waals surface area contributed by atoms with Gasteiger partial charge in [0.1, 0.15) is 0 Å². The molecule has 2 heterocycles. The standard InChI is InChI=1S/C21H19ClN4O2S/c1-28-11-10-26-20(17-12-23-18-5-3-2-4-16(17)18)24-25-21(26)29-13-19(27)14-6-8-15(22)9-7-14/h2-9,12,23H,10-11,13H2,1H3. The van der Waals surface area contributed by atoms with Crippen molar-refractivity contribution in [2.24, 2.45) is 0 Å². The number of nitrogens with zero attached hydrogens (tertiary/aromatic N) is 3. The van der Waals surface area contributed by atoms with Crippen molar-refractivity contribution in [2.75, 3.05) is 19.5 Å². The Balaban J connectivity index is 1.60. The van der Waals surface area contributed by atoms with Gasteiger partial charge < -0.3 is 9.72 Å². The number of ether oxygens (including phenoxy) is 1. The first-order valence-electron chi connectivity index (χ1n) is 9.07. The van der Waals surface area contributed by atoms with E-state index in [2.05, 4.69) is 15.2 Å². The second kappa shape index (κ2) is 8.82. The highest BCUT2D eigenvalue weighted by molar-refractivity contribution is 7.99. The molecule has 0 bridgehead atoms. The summed E-state index contributed by atoms with van der Waals surface area (Å²) in [7, 11) is 1.66. The molecule has 1 N–H and O–H groups in total. The molecule has 148 valence electrons. The molecule has 2 aromatic carbocycles. The number of hydrogen-bond acceptors (Lipinski definition) is 5. The number of ketones is 1. The van der Waals surface area contributed by atoms with Gasteiger partial charge in [-0.1, -0.05) is 41.6 Å². The third-order valence-electron chi connectivity index (χ3n) is 4.56. The maximum atomic E-state index is 12.5. The highest BCUT2D eigenvalue weighted by Gasteiger charge is 2.18. The van der Waals surface area contributed by atoms with Crippen molar-refractivity contribution in [3.05, 3.63) is 65.3 Å². The average molecular weight is 427 g/mol. The highest BCUT2D eigenvalue weighted by Crippen LogP contribution is 2.30. The van der Waals surface area contributed by atoms with Crippen LogP contribution in [0.3, 0.4) is 0 Å². The van der Waals surface area contributed by atoms with Crippen molar-refractivity contribution in [2.45, 2.75) is 11.7 Å². The third kappa shape index (κ3) is 4.22. The molecule has 8 heteroatoms. The van der Waals surface area contributed by atoms with Crippen LogP contribution in [0.15, 0.2) is 59.9 Å². The van der Waals surface area contributed by atoms with Gasteiger partial charge in [0.05, 0.1) is 18.9 Å². The van der Waals surface area contributed by atoms with E-state index in [1.807, 2.05) is 35.0 Å². The number of rotatable bonds is 8. The first-order valence-corrected chi connectivity index (χ1v) is 10.4. The van der Waals surface area contributed by atoms with Crippen LogP contribution >= 0.6 is 23.4 Å². The van der Waals surface area contributed by atoms with Gasteiger partial charge in [0.25, 0.3) is 0 Å². The van der Waals surface area contributed by atoms with E-state index in [0.29, 0.717) is 28.9 Å². The quantitative estimate of drug-likeness (QED) is 0.326. The minimum atomic E-state index is 0.0154. The number of halogens is 1. The highest BCUT2D eigenvalue weighted by atomic mass is 35.5. The van der Waals surface area contributed by atoms with E-state index in [0.717, 1.165) is 22.3 Å². The maximum absolute atomic E-state index is 12.5. The Morgan fingerprint density at radius 1 is 1.17 bits per heavy atom. The van der Waals surface area contributed by atoms with E-state index in [1.165, 1.54) is 11.8 Å². The molecule has 0 saturated carbocycles. The Labute approximate surface area is 177 Å². The van der Waals surface area contributed by atoms with Crippen LogP contribution < -0.4 is 0 Å². The molecule has 0 aliphatic rings. The lowest BCUT2D eigenvalue weighted by molar-refractivity contribution is 0.102. The van der Waals surface area contributed by atoms with Crippen LogP contribution in [-0.4, -0.2) is 45.0 Å². The van der Waals surface area contributed by atoms with E-state index in [-0.39, 0.29) is 11.5 Å². The third-order valence-corrected chi connectivity index (χ3v) is 5.78. The van der Waals surface area contributed by atoms with E-state index in [1.54, 1.807) is 31.4 Å². The molecular weight excluding hydrogens is 408 g/mol. The molecular formula is C21H19ClN4O2S. The van der Waals surface area contributed by atoms with Gasteiger partial charge >= 0.3 is 0 Å². The Hall–Kier alpha value is -2.61. The summed E-state index contributed by atoms with van der Waals surface area (Å²) in [4.78, 5) is 15.8.